The van der Waals surface area contributed by atoms with Crippen molar-refractivity contribution >= 4 is 0 Å². The van der Waals surface area contributed by atoms with Crippen molar-refractivity contribution in [1.82, 2.24) is 14.9 Å². The van der Waals surface area contributed by atoms with Gasteiger partial charge in [0.25, 0.3) is 0 Å². The van der Waals surface area contributed by atoms with E-state index in [1.807, 2.05) is 18.6 Å². The zero-order valence-corrected chi connectivity index (χ0v) is 11.8. The highest BCUT2D eigenvalue weighted by molar-refractivity contribution is 5.63. The summed E-state index contributed by atoms with van der Waals surface area (Å²) in [5.74, 6) is 0. The number of hydrogen-bond acceptors (Lipinski definition) is 2. The number of aromatic nitrogens is 2. The van der Waals surface area contributed by atoms with Crippen LogP contribution in [0.4, 0.5) is 0 Å². The van der Waals surface area contributed by atoms with Crippen LogP contribution in [-0.4, -0.2) is 16.1 Å². The van der Waals surface area contributed by atoms with E-state index in [2.05, 4.69) is 57.3 Å². The summed E-state index contributed by atoms with van der Waals surface area (Å²) in [6.45, 7) is 2.00. The molecule has 1 aliphatic rings. The smallest absolute Gasteiger partial charge is 0.0997 e. The summed E-state index contributed by atoms with van der Waals surface area (Å²) in [5.41, 5.74) is 6.42. The summed E-state index contributed by atoms with van der Waals surface area (Å²) in [6, 6.07) is 17.0. The summed E-state index contributed by atoms with van der Waals surface area (Å²) in [5, 5.41) is 3.43. The molecule has 0 radical (unpaired) electrons. The predicted molar refractivity (Wildman–Crippen MR) is 84.4 cm³/mol. The Morgan fingerprint density at radius 1 is 1.00 bits per heavy atom. The molecule has 3 heteroatoms. The summed E-state index contributed by atoms with van der Waals surface area (Å²) in [7, 11) is 0. The molecule has 4 rings (SSSR count). The largest absolute Gasteiger partial charge is 0.312 e. The molecular weight excluding hydrogens is 258 g/mol. The fraction of sp³-hybridized carbons (Fsp3) is 0.167. The molecule has 0 fully saturated rings. The lowest BCUT2D eigenvalue weighted by molar-refractivity contribution is 0.641. The Morgan fingerprint density at radius 3 is 2.81 bits per heavy atom. The normalized spacial score (nSPS) is 13.9. The van der Waals surface area contributed by atoms with Gasteiger partial charge in [0.2, 0.25) is 0 Å². The van der Waals surface area contributed by atoms with Crippen LogP contribution in [0.25, 0.3) is 16.9 Å². The Bertz CT molecular complexity index is 759. The first kappa shape index (κ1) is 12.4. The van der Waals surface area contributed by atoms with Crippen LogP contribution in [0.5, 0.6) is 0 Å². The van der Waals surface area contributed by atoms with Crippen LogP contribution in [0.15, 0.2) is 61.1 Å². The van der Waals surface area contributed by atoms with Gasteiger partial charge in [-0.2, -0.15) is 0 Å². The predicted octanol–water partition coefficient (Wildman–Crippen LogP) is 3.19. The van der Waals surface area contributed by atoms with Crippen molar-refractivity contribution in [2.75, 3.05) is 6.54 Å². The molecule has 2 aromatic carbocycles. The summed E-state index contributed by atoms with van der Waals surface area (Å²) in [4.78, 5) is 4.37. The molecule has 21 heavy (non-hydrogen) atoms. The number of fused-ring (bicyclic) bond motifs is 1. The molecule has 3 aromatic rings. The minimum absolute atomic E-state index is 0.957. The second-order valence-electron chi connectivity index (χ2n) is 5.36. The third-order valence-electron chi connectivity index (χ3n) is 4.08. The molecule has 104 valence electrons. The highest BCUT2D eigenvalue weighted by Gasteiger charge is 2.15. The van der Waals surface area contributed by atoms with E-state index in [1.54, 1.807) is 0 Å². The number of rotatable bonds is 2. The van der Waals surface area contributed by atoms with E-state index in [9.17, 15) is 0 Å². The molecule has 0 unspecified atom stereocenters. The summed E-state index contributed by atoms with van der Waals surface area (Å²) < 4.78 is 2.21. The average Bonchev–Trinajstić information content (AvgIpc) is 3.04. The molecule has 0 amide bonds. The van der Waals surface area contributed by atoms with Crippen molar-refractivity contribution in [2.45, 2.75) is 13.0 Å². The van der Waals surface area contributed by atoms with E-state index >= 15 is 0 Å². The first-order chi connectivity index (χ1) is 10.4. The first-order valence-electron chi connectivity index (χ1n) is 7.33. The molecule has 0 saturated carbocycles. The summed E-state index contributed by atoms with van der Waals surface area (Å²) >= 11 is 0. The highest BCUT2D eigenvalue weighted by Crippen LogP contribution is 2.27. The van der Waals surface area contributed by atoms with E-state index in [-0.39, 0.29) is 0 Å². The molecule has 1 aromatic heterocycles. The maximum atomic E-state index is 4.37. The molecule has 1 aliphatic heterocycles. The van der Waals surface area contributed by atoms with Gasteiger partial charge in [-0.3, -0.25) is 4.57 Å². The van der Waals surface area contributed by atoms with Gasteiger partial charge in [0.15, 0.2) is 0 Å². The van der Waals surface area contributed by atoms with E-state index in [1.165, 1.54) is 22.4 Å². The Labute approximate surface area is 124 Å². The standard InChI is InChI=1S/C18H17N3/c1-2-5-14(6-3-1)18-12-20-13-21(18)17-8-4-7-15-11-19-10-9-16(15)17/h1-8,12-13,19H,9-11H2. The van der Waals surface area contributed by atoms with E-state index in [4.69, 9.17) is 0 Å². The van der Waals surface area contributed by atoms with E-state index in [0.29, 0.717) is 0 Å². The Balaban J connectivity index is 1.88. The third-order valence-corrected chi connectivity index (χ3v) is 4.08. The van der Waals surface area contributed by atoms with Crippen molar-refractivity contribution in [3.63, 3.8) is 0 Å². The van der Waals surface area contributed by atoms with Crippen molar-refractivity contribution in [3.8, 4) is 16.9 Å². The lowest BCUT2D eigenvalue weighted by atomic mass is 9.98. The molecular formula is C18H17N3. The van der Waals surface area contributed by atoms with Gasteiger partial charge in [0, 0.05) is 12.1 Å². The van der Waals surface area contributed by atoms with Crippen LogP contribution in [0.2, 0.25) is 0 Å². The van der Waals surface area contributed by atoms with Gasteiger partial charge in [-0.1, -0.05) is 42.5 Å². The quantitative estimate of drug-likeness (QED) is 0.778. The molecule has 1 N–H and O–H groups in total. The molecule has 0 bridgehead atoms. The molecule has 0 saturated heterocycles. The van der Waals surface area contributed by atoms with Gasteiger partial charge < -0.3 is 5.32 Å². The average molecular weight is 275 g/mol. The molecule has 3 nitrogen and oxygen atoms in total. The van der Waals surface area contributed by atoms with Crippen molar-refractivity contribution in [1.29, 1.82) is 0 Å². The van der Waals surface area contributed by atoms with Crippen LogP contribution in [0.3, 0.4) is 0 Å². The Hall–Kier alpha value is -2.39. The fourth-order valence-corrected chi connectivity index (χ4v) is 3.05. The van der Waals surface area contributed by atoms with Gasteiger partial charge in [0.1, 0.15) is 0 Å². The highest BCUT2D eigenvalue weighted by atomic mass is 15.1. The van der Waals surface area contributed by atoms with E-state index in [0.717, 1.165) is 25.2 Å². The van der Waals surface area contributed by atoms with Gasteiger partial charge in [-0.05, 0) is 30.2 Å². The topological polar surface area (TPSA) is 29.9 Å². The van der Waals surface area contributed by atoms with Crippen LogP contribution in [-0.2, 0) is 13.0 Å². The molecule has 0 atom stereocenters. The molecule has 0 spiro atoms. The first-order valence-corrected chi connectivity index (χ1v) is 7.33. The number of hydrogen-bond donors (Lipinski definition) is 1. The Morgan fingerprint density at radius 2 is 1.90 bits per heavy atom. The lowest BCUT2D eigenvalue weighted by Gasteiger charge is -2.21. The van der Waals surface area contributed by atoms with Crippen molar-refractivity contribution in [3.05, 3.63) is 72.2 Å². The second kappa shape index (κ2) is 5.19. The van der Waals surface area contributed by atoms with Crippen LogP contribution < -0.4 is 5.32 Å². The molecule has 2 heterocycles. The summed E-state index contributed by atoms with van der Waals surface area (Å²) in [6.07, 6.45) is 4.92. The number of nitrogens with one attached hydrogen (secondary N) is 1. The van der Waals surface area contributed by atoms with Gasteiger partial charge >= 0.3 is 0 Å². The zero-order valence-electron chi connectivity index (χ0n) is 11.8. The van der Waals surface area contributed by atoms with Gasteiger partial charge in [-0.25, -0.2) is 4.98 Å². The number of nitrogens with zero attached hydrogens (tertiary/aromatic N) is 2. The molecule has 0 aliphatic carbocycles. The van der Waals surface area contributed by atoms with Crippen LogP contribution in [0.1, 0.15) is 11.1 Å². The maximum Gasteiger partial charge on any atom is 0.0997 e. The maximum absolute atomic E-state index is 4.37. The Kier molecular flexibility index (Phi) is 3.05. The van der Waals surface area contributed by atoms with Crippen molar-refractivity contribution in [2.24, 2.45) is 0 Å². The van der Waals surface area contributed by atoms with Crippen LogP contribution >= 0.6 is 0 Å². The number of imidazole rings is 1. The lowest BCUT2D eigenvalue weighted by Crippen LogP contribution is -2.24. The minimum atomic E-state index is 0.957. The van der Waals surface area contributed by atoms with E-state index < -0.39 is 0 Å². The second-order valence-corrected chi connectivity index (χ2v) is 5.36. The minimum Gasteiger partial charge on any atom is -0.312 e. The monoisotopic (exact) mass is 275 g/mol. The van der Waals surface area contributed by atoms with Crippen LogP contribution in [0, 0.1) is 0 Å². The van der Waals surface area contributed by atoms with Crippen molar-refractivity contribution < 1.29 is 0 Å². The van der Waals surface area contributed by atoms with Gasteiger partial charge in [0.05, 0.1) is 23.9 Å². The SMILES string of the molecule is c1ccc(-c2cncn2-c2cccc3c2CCNC3)cc1. The van der Waals surface area contributed by atoms with Gasteiger partial charge in [-0.15, -0.1) is 0 Å². The number of benzene rings is 2. The third kappa shape index (κ3) is 2.16. The fourth-order valence-electron chi connectivity index (χ4n) is 3.05. The zero-order chi connectivity index (χ0) is 14.1.